The number of nitrogens with zero attached hydrogens (tertiary/aromatic N) is 4. The van der Waals surface area contributed by atoms with Gasteiger partial charge in [-0.05, 0) is 25.7 Å². The van der Waals surface area contributed by atoms with E-state index in [0.29, 0.717) is 11.7 Å². The maximum absolute atomic E-state index is 12.0. The van der Waals surface area contributed by atoms with E-state index >= 15 is 0 Å². The molecule has 0 bridgehead atoms. The highest BCUT2D eigenvalue weighted by molar-refractivity contribution is 5.74. The van der Waals surface area contributed by atoms with Gasteiger partial charge < -0.3 is 10.2 Å². The van der Waals surface area contributed by atoms with E-state index in [1.54, 1.807) is 0 Å². The second kappa shape index (κ2) is 5.11. The van der Waals surface area contributed by atoms with Crippen molar-refractivity contribution in [2.24, 2.45) is 5.92 Å². The second-order valence-electron chi connectivity index (χ2n) is 4.63. The number of aromatic amines is 1. The van der Waals surface area contributed by atoms with Gasteiger partial charge in [0, 0.05) is 13.1 Å². The number of carbonyl (C=O) groups is 1. The van der Waals surface area contributed by atoms with Gasteiger partial charge in [-0.3, -0.25) is 0 Å². The van der Waals surface area contributed by atoms with Crippen LogP contribution in [0.1, 0.15) is 38.6 Å². The van der Waals surface area contributed by atoms with Gasteiger partial charge in [0.2, 0.25) is 0 Å². The van der Waals surface area contributed by atoms with Crippen molar-refractivity contribution in [3.63, 3.8) is 0 Å². The molecule has 2 unspecified atom stereocenters. The molecular weight excluding hydrogens is 220 g/mol. The van der Waals surface area contributed by atoms with Crippen LogP contribution in [0.15, 0.2) is 0 Å². The summed E-state index contributed by atoms with van der Waals surface area (Å²) in [6.45, 7) is 5.66. The van der Waals surface area contributed by atoms with Crippen LogP contribution >= 0.6 is 0 Å². The molecule has 0 spiro atoms. The van der Waals surface area contributed by atoms with Crippen LogP contribution in [-0.2, 0) is 0 Å². The van der Waals surface area contributed by atoms with E-state index in [4.69, 9.17) is 0 Å². The van der Waals surface area contributed by atoms with E-state index in [9.17, 15) is 4.79 Å². The average molecular weight is 238 g/mol. The number of hydrogen-bond acceptors (Lipinski definition) is 4. The Labute approximate surface area is 100.0 Å². The molecule has 0 aromatic carbocycles. The van der Waals surface area contributed by atoms with Crippen molar-refractivity contribution in [2.75, 3.05) is 13.1 Å². The monoisotopic (exact) mass is 238 g/mol. The quantitative estimate of drug-likeness (QED) is 0.794. The molecular formula is C10H18N6O. The largest absolute Gasteiger partial charge is 0.328 e. The molecule has 2 atom stereocenters. The van der Waals surface area contributed by atoms with E-state index in [2.05, 4.69) is 32.9 Å². The van der Waals surface area contributed by atoms with Crippen LogP contribution in [0.2, 0.25) is 0 Å². The number of likely N-dealkylation sites (tertiary alicyclic amines) is 1. The van der Waals surface area contributed by atoms with E-state index < -0.39 is 0 Å². The highest BCUT2D eigenvalue weighted by Gasteiger charge is 2.23. The first-order valence-electron chi connectivity index (χ1n) is 5.95. The normalized spacial score (nSPS) is 22.2. The third kappa shape index (κ3) is 2.92. The lowest BCUT2D eigenvalue weighted by atomic mass is 10.0. The molecule has 0 aliphatic carbocycles. The van der Waals surface area contributed by atoms with Crippen LogP contribution < -0.4 is 5.32 Å². The molecule has 2 rings (SSSR count). The minimum Gasteiger partial charge on any atom is -0.328 e. The SMILES string of the molecule is CC1CCCN(C(=O)NC(C)c2nn[nH]n2)C1. The fourth-order valence-electron chi connectivity index (χ4n) is 2.07. The van der Waals surface area contributed by atoms with Crippen LogP contribution in [0.25, 0.3) is 0 Å². The van der Waals surface area contributed by atoms with Crippen LogP contribution in [0, 0.1) is 5.92 Å². The van der Waals surface area contributed by atoms with Crippen molar-refractivity contribution in [3.8, 4) is 0 Å². The summed E-state index contributed by atoms with van der Waals surface area (Å²) >= 11 is 0. The zero-order chi connectivity index (χ0) is 12.3. The first-order valence-corrected chi connectivity index (χ1v) is 5.95. The first kappa shape index (κ1) is 11.8. The molecule has 1 aromatic heterocycles. The van der Waals surface area contributed by atoms with E-state index in [1.165, 1.54) is 6.42 Å². The predicted molar refractivity (Wildman–Crippen MR) is 61.1 cm³/mol. The Morgan fingerprint density at radius 2 is 2.47 bits per heavy atom. The lowest BCUT2D eigenvalue weighted by molar-refractivity contribution is 0.166. The van der Waals surface area contributed by atoms with Gasteiger partial charge in [0.15, 0.2) is 5.82 Å². The second-order valence-corrected chi connectivity index (χ2v) is 4.63. The molecule has 2 amide bonds. The van der Waals surface area contributed by atoms with Gasteiger partial charge in [-0.15, -0.1) is 10.2 Å². The van der Waals surface area contributed by atoms with Crippen molar-refractivity contribution < 1.29 is 4.79 Å². The number of urea groups is 1. The molecule has 94 valence electrons. The Balaban J connectivity index is 1.88. The number of tetrazole rings is 1. The van der Waals surface area contributed by atoms with E-state index in [0.717, 1.165) is 19.5 Å². The Morgan fingerprint density at radius 1 is 1.65 bits per heavy atom. The maximum Gasteiger partial charge on any atom is 0.317 e. The third-order valence-corrected chi connectivity index (χ3v) is 3.03. The summed E-state index contributed by atoms with van der Waals surface area (Å²) < 4.78 is 0. The van der Waals surface area contributed by atoms with Crippen LogP contribution in [0.3, 0.4) is 0 Å². The lowest BCUT2D eigenvalue weighted by Gasteiger charge is -2.31. The topological polar surface area (TPSA) is 86.8 Å². The van der Waals surface area contributed by atoms with Gasteiger partial charge in [-0.2, -0.15) is 5.21 Å². The van der Waals surface area contributed by atoms with Crippen LogP contribution in [-0.4, -0.2) is 44.6 Å². The number of nitrogens with one attached hydrogen (secondary N) is 2. The Hall–Kier alpha value is -1.66. The van der Waals surface area contributed by atoms with Crippen LogP contribution in [0.4, 0.5) is 4.79 Å². The summed E-state index contributed by atoms with van der Waals surface area (Å²) in [4.78, 5) is 13.8. The summed E-state index contributed by atoms with van der Waals surface area (Å²) in [6.07, 6.45) is 2.27. The van der Waals surface area contributed by atoms with E-state index in [-0.39, 0.29) is 12.1 Å². The highest BCUT2D eigenvalue weighted by atomic mass is 16.2. The first-order chi connectivity index (χ1) is 8.16. The van der Waals surface area contributed by atoms with Gasteiger partial charge >= 0.3 is 6.03 Å². The number of piperidine rings is 1. The van der Waals surface area contributed by atoms with Gasteiger partial charge in [0.05, 0.1) is 6.04 Å². The number of carbonyl (C=O) groups excluding carboxylic acids is 1. The zero-order valence-corrected chi connectivity index (χ0v) is 10.2. The van der Waals surface area contributed by atoms with Gasteiger partial charge in [0.25, 0.3) is 0 Å². The molecule has 1 saturated heterocycles. The summed E-state index contributed by atoms with van der Waals surface area (Å²) in [6, 6.07) is -0.271. The summed E-state index contributed by atoms with van der Waals surface area (Å²) in [7, 11) is 0. The Morgan fingerprint density at radius 3 is 3.12 bits per heavy atom. The zero-order valence-electron chi connectivity index (χ0n) is 10.2. The minimum absolute atomic E-state index is 0.0474. The average Bonchev–Trinajstić information content (AvgIpc) is 2.82. The molecule has 0 radical (unpaired) electrons. The molecule has 1 aromatic rings. The Kier molecular flexibility index (Phi) is 3.55. The van der Waals surface area contributed by atoms with Crippen molar-refractivity contribution >= 4 is 6.03 Å². The van der Waals surface area contributed by atoms with Gasteiger partial charge in [0.1, 0.15) is 0 Å². The molecule has 1 aliphatic heterocycles. The van der Waals surface area contributed by atoms with Crippen LogP contribution in [0.5, 0.6) is 0 Å². The standard InChI is InChI=1S/C10H18N6O/c1-7-4-3-5-16(6-7)10(17)11-8(2)9-12-14-15-13-9/h7-8H,3-6H2,1-2H3,(H,11,17)(H,12,13,14,15). The third-order valence-electron chi connectivity index (χ3n) is 3.03. The van der Waals surface area contributed by atoms with Gasteiger partial charge in [-0.25, -0.2) is 4.79 Å². The van der Waals surface area contributed by atoms with Crippen molar-refractivity contribution in [3.05, 3.63) is 5.82 Å². The fraction of sp³-hybridized carbons (Fsp3) is 0.800. The summed E-state index contributed by atoms with van der Waals surface area (Å²) in [5.74, 6) is 1.08. The summed E-state index contributed by atoms with van der Waals surface area (Å²) in [5, 5.41) is 16.4. The molecule has 1 fully saturated rings. The highest BCUT2D eigenvalue weighted by Crippen LogP contribution is 2.16. The number of hydrogen-bond donors (Lipinski definition) is 2. The van der Waals surface area contributed by atoms with Crippen molar-refractivity contribution in [1.82, 2.24) is 30.8 Å². The molecule has 17 heavy (non-hydrogen) atoms. The fourth-order valence-corrected chi connectivity index (χ4v) is 2.07. The summed E-state index contributed by atoms with van der Waals surface area (Å²) in [5.41, 5.74) is 0. The number of H-pyrrole nitrogens is 1. The smallest absolute Gasteiger partial charge is 0.317 e. The Bertz CT molecular complexity index is 365. The molecule has 2 N–H and O–H groups in total. The molecule has 7 nitrogen and oxygen atoms in total. The predicted octanol–water partition coefficient (Wildman–Crippen LogP) is 0.702. The number of aromatic nitrogens is 4. The molecule has 2 heterocycles. The number of amides is 2. The molecule has 7 heteroatoms. The molecule has 1 aliphatic rings. The molecule has 0 saturated carbocycles. The number of rotatable bonds is 2. The van der Waals surface area contributed by atoms with Crippen molar-refractivity contribution in [2.45, 2.75) is 32.7 Å². The van der Waals surface area contributed by atoms with E-state index in [1.807, 2.05) is 11.8 Å². The lowest BCUT2D eigenvalue weighted by Crippen LogP contribution is -2.45. The van der Waals surface area contributed by atoms with Gasteiger partial charge in [-0.1, -0.05) is 12.1 Å². The minimum atomic E-state index is -0.224. The van der Waals surface area contributed by atoms with Crippen molar-refractivity contribution in [1.29, 1.82) is 0 Å². The maximum atomic E-state index is 12.0.